The van der Waals surface area contributed by atoms with Crippen molar-refractivity contribution in [2.24, 2.45) is 5.92 Å². The van der Waals surface area contributed by atoms with Gasteiger partial charge in [0.1, 0.15) is 6.07 Å². The highest BCUT2D eigenvalue weighted by Crippen LogP contribution is 2.38. The van der Waals surface area contributed by atoms with Crippen LogP contribution < -0.4 is 0 Å². The molecular formula is C16H20N2O2S. The SMILES string of the molecule is N#Cc1ccccc1S(=O)(=O)N1CCCC1C1CCCC1. The standard InChI is InChI=1S/C16H20N2O2S/c17-12-14-8-3-4-10-16(14)21(19,20)18-11-5-9-15(18)13-6-1-2-7-13/h3-4,8,10,13,15H,1-2,5-7,9,11H2. The van der Waals surface area contributed by atoms with Gasteiger partial charge in [0, 0.05) is 12.6 Å². The molecule has 21 heavy (non-hydrogen) atoms. The summed E-state index contributed by atoms with van der Waals surface area (Å²) in [5.41, 5.74) is 0.245. The largest absolute Gasteiger partial charge is 0.244 e. The van der Waals surface area contributed by atoms with Gasteiger partial charge < -0.3 is 0 Å². The van der Waals surface area contributed by atoms with Gasteiger partial charge in [0.05, 0.1) is 10.5 Å². The Hall–Kier alpha value is -1.38. The lowest BCUT2D eigenvalue weighted by Gasteiger charge is -2.28. The zero-order valence-electron chi connectivity index (χ0n) is 12.0. The maximum atomic E-state index is 13.0. The molecule has 0 radical (unpaired) electrons. The summed E-state index contributed by atoms with van der Waals surface area (Å²) in [5.74, 6) is 0.497. The number of sulfonamides is 1. The average Bonchev–Trinajstić information content (AvgIpc) is 3.17. The first-order chi connectivity index (χ1) is 10.1. The molecule has 1 aromatic carbocycles. The molecule has 4 nitrogen and oxygen atoms in total. The quantitative estimate of drug-likeness (QED) is 0.862. The number of nitriles is 1. The van der Waals surface area contributed by atoms with Crippen LogP contribution in [0.4, 0.5) is 0 Å². The number of rotatable bonds is 3. The van der Waals surface area contributed by atoms with E-state index in [-0.39, 0.29) is 16.5 Å². The normalized spacial score (nSPS) is 24.2. The van der Waals surface area contributed by atoms with Crippen molar-refractivity contribution >= 4 is 10.0 Å². The highest BCUT2D eigenvalue weighted by molar-refractivity contribution is 7.89. The number of hydrogen-bond acceptors (Lipinski definition) is 3. The van der Waals surface area contributed by atoms with Crippen molar-refractivity contribution in [1.29, 1.82) is 5.26 Å². The molecule has 1 heterocycles. The van der Waals surface area contributed by atoms with Crippen molar-refractivity contribution in [3.05, 3.63) is 29.8 Å². The highest BCUT2D eigenvalue weighted by Gasteiger charge is 2.40. The van der Waals surface area contributed by atoms with Crippen LogP contribution in [0.3, 0.4) is 0 Å². The first kappa shape index (κ1) is 14.6. The Morgan fingerprint density at radius 2 is 1.81 bits per heavy atom. The predicted molar refractivity (Wildman–Crippen MR) is 80.0 cm³/mol. The zero-order chi connectivity index (χ0) is 14.9. The lowest BCUT2D eigenvalue weighted by molar-refractivity contribution is 0.288. The van der Waals surface area contributed by atoms with Crippen molar-refractivity contribution in [3.8, 4) is 6.07 Å². The molecule has 1 atom stereocenters. The molecule has 1 aromatic rings. The van der Waals surface area contributed by atoms with Gasteiger partial charge in [-0.2, -0.15) is 9.57 Å². The molecule has 5 heteroatoms. The number of hydrogen-bond donors (Lipinski definition) is 0. The van der Waals surface area contributed by atoms with Gasteiger partial charge in [0.25, 0.3) is 0 Å². The molecule has 1 aliphatic heterocycles. The van der Waals surface area contributed by atoms with E-state index in [0.29, 0.717) is 12.5 Å². The summed E-state index contributed by atoms with van der Waals surface area (Å²) in [6.45, 7) is 0.587. The monoisotopic (exact) mass is 304 g/mol. The molecule has 0 amide bonds. The molecule has 1 saturated heterocycles. The summed E-state index contributed by atoms with van der Waals surface area (Å²) in [5, 5.41) is 9.17. The summed E-state index contributed by atoms with van der Waals surface area (Å²) in [6.07, 6.45) is 6.58. The lowest BCUT2D eigenvalue weighted by Crippen LogP contribution is -2.39. The van der Waals surface area contributed by atoms with Crippen LogP contribution in [0.5, 0.6) is 0 Å². The summed E-state index contributed by atoms with van der Waals surface area (Å²) < 4.78 is 27.6. The Labute approximate surface area is 126 Å². The Kier molecular flexibility index (Phi) is 4.01. The molecule has 0 aromatic heterocycles. The van der Waals surface area contributed by atoms with Crippen LogP contribution in [0.15, 0.2) is 29.2 Å². The average molecular weight is 304 g/mol. The van der Waals surface area contributed by atoms with Crippen molar-refractivity contribution in [2.75, 3.05) is 6.54 Å². The maximum absolute atomic E-state index is 13.0. The van der Waals surface area contributed by atoms with Crippen LogP contribution in [0, 0.1) is 17.2 Å². The fourth-order valence-corrected chi connectivity index (χ4v) is 5.69. The Morgan fingerprint density at radius 1 is 1.10 bits per heavy atom. The third-order valence-electron chi connectivity index (χ3n) is 4.79. The molecule has 0 spiro atoms. The topological polar surface area (TPSA) is 61.2 Å². The second-order valence-corrected chi connectivity index (χ2v) is 7.84. The number of benzene rings is 1. The molecule has 2 fully saturated rings. The summed E-state index contributed by atoms with van der Waals surface area (Å²) in [6, 6.07) is 8.66. The van der Waals surface area contributed by atoms with Gasteiger partial charge in [0.15, 0.2) is 0 Å². The molecule has 1 unspecified atom stereocenters. The van der Waals surface area contributed by atoms with Crippen molar-refractivity contribution in [3.63, 3.8) is 0 Å². The molecule has 3 rings (SSSR count). The first-order valence-corrected chi connectivity index (χ1v) is 9.09. The van der Waals surface area contributed by atoms with E-state index in [9.17, 15) is 8.42 Å². The summed E-state index contributed by atoms with van der Waals surface area (Å²) in [4.78, 5) is 0.164. The highest BCUT2D eigenvalue weighted by atomic mass is 32.2. The van der Waals surface area contributed by atoms with E-state index in [1.54, 1.807) is 28.6 Å². The molecule has 1 saturated carbocycles. The van der Waals surface area contributed by atoms with Crippen LogP contribution in [0.25, 0.3) is 0 Å². The predicted octanol–water partition coefficient (Wildman–Crippen LogP) is 2.90. The van der Waals surface area contributed by atoms with Crippen LogP contribution >= 0.6 is 0 Å². The minimum absolute atomic E-state index is 0.129. The fraction of sp³-hybridized carbons (Fsp3) is 0.562. The van der Waals surface area contributed by atoms with E-state index in [1.807, 2.05) is 6.07 Å². The smallest absolute Gasteiger partial charge is 0.207 e. The van der Waals surface area contributed by atoms with E-state index >= 15 is 0 Å². The van der Waals surface area contributed by atoms with E-state index in [4.69, 9.17) is 5.26 Å². The Morgan fingerprint density at radius 3 is 2.52 bits per heavy atom. The van der Waals surface area contributed by atoms with E-state index < -0.39 is 10.0 Å². The maximum Gasteiger partial charge on any atom is 0.244 e. The molecule has 0 bridgehead atoms. The van der Waals surface area contributed by atoms with Crippen LogP contribution in [0.2, 0.25) is 0 Å². The van der Waals surface area contributed by atoms with Gasteiger partial charge in [-0.15, -0.1) is 0 Å². The Bertz CT molecular complexity index is 657. The van der Waals surface area contributed by atoms with E-state index in [0.717, 1.165) is 25.7 Å². The minimum atomic E-state index is -3.56. The van der Waals surface area contributed by atoms with Gasteiger partial charge in [-0.3, -0.25) is 0 Å². The van der Waals surface area contributed by atoms with Crippen LogP contribution in [-0.2, 0) is 10.0 Å². The third-order valence-corrected chi connectivity index (χ3v) is 6.77. The second-order valence-electron chi connectivity index (χ2n) is 5.98. The molecular weight excluding hydrogens is 284 g/mol. The van der Waals surface area contributed by atoms with Crippen LogP contribution in [-0.4, -0.2) is 25.3 Å². The minimum Gasteiger partial charge on any atom is -0.207 e. The van der Waals surface area contributed by atoms with Gasteiger partial charge in [-0.25, -0.2) is 8.42 Å². The Balaban J connectivity index is 1.95. The molecule has 112 valence electrons. The fourth-order valence-electron chi connectivity index (χ4n) is 3.79. The number of nitrogens with zero attached hydrogens (tertiary/aromatic N) is 2. The van der Waals surface area contributed by atoms with Crippen LogP contribution in [0.1, 0.15) is 44.1 Å². The first-order valence-electron chi connectivity index (χ1n) is 7.65. The summed E-state index contributed by atoms with van der Waals surface area (Å²) in [7, 11) is -3.56. The van der Waals surface area contributed by atoms with Gasteiger partial charge >= 0.3 is 0 Å². The molecule has 1 aliphatic carbocycles. The van der Waals surface area contributed by atoms with E-state index in [1.165, 1.54) is 12.8 Å². The van der Waals surface area contributed by atoms with Crippen molar-refractivity contribution < 1.29 is 8.42 Å². The van der Waals surface area contributed by atoms with Crippen molar-refractivity contribution in [2.45, 2.75) is 49.5 Å². The molecule has 0 N–H and O–H groups in total. The third kappa shape index (κ3) is 2.58. The van der Waals surface area contributed by atoms with Gasteiger partial charge in [-0.1, -0.05) is 25.0 Å². The lowest BCUT2D eigenvalue weighted by atomic mass is 9.97. The summed E-state index contributed by atoms with van der Waals surface area (Å²) >= 11 is 0. The molecule has 2 aliphatic rings. The second kappa shape index (κ2) is 5.78. The van der Waals surface area contributed by atoms with Gasteiger partial charge in [0.2, 0.25) is 10.0 Å². The zero-order valence-corrected chi connectivity index (χ0v) is 12.8. The van der Waals surface area contributed by atoms with Gasteiger partial charge in [-0.05, 0) is 43.7 Å². The van der Waals surface area contributed by atoms with E-state index in [2.05, 4.69) is 0 Å². The van der Waals surface area contributed by atoms with Crippen molar-refractivity contribution in [1.82, 2.24) is 4.31 Å².